The molecule has 18 nitrogen and oxygen atoms in total. The molecule has 3 fully saturated rings. The molecule has 2 aliphatic carbocycles. The van der Waals surface area contributed by atoms with Crippen LogP contribution in [-0.4, -0.2) is 118 Å². The number of hydrogen-bond acceptors (Lipinski definition) is 18. The summed E-state index contributed by atoms with van der Waals surface area (Å²) in [7, 11) is 0. The van der Waals surface area contributed by atoms with Gasteiger partial charge in [0.05, 0.1) is 23.1 Å². The fourth-order valence-electron chi connectivity index (χ4n) is 8.70. The molecule has 1 N–H and O–H groups in total. The first-order chi connectivity index (χ1) is 25.1. The summed E-state index contributed by atoms with van der Waals surface area (Å²) >= 11 is 0. The molecule has 1 aromatic heterocycles. The maximum absolute atomic E-state index is 15.1. The maximum Gasteiger partial charge on any atom is 0.340 e. The lowest BCUT2D eigenvalue weighted by molar-refractivity contribution is -0.376. The third kappa shape index (κ3) is 6.08. The summed E-state index contributed by atoms with van der Waals surface area (Å²) in [5, 5.41) is 13.2. The lowest BCUT2D eigenvalue weighted by atomic mass is 9.45. The predicted octanol–water partition coefficient (Wildman–Crippen LogP) is 0.671. The molecule has 0 amide bonds. The molecule has 4 bridgehead atoms. The number of carbonyl (C=O) groups is 8. The van der Waals surface area contributed by atoms with Crippen LogP contribution in [0.15, 0.2) is 18.3 Å². The highest BCUT2D eigenvalue weighted by Crippen LogP contribution is 2.69. The Bertz CT molecular complexity index is 1790. The molecule has 12 atom stereocenters. The van der Waals surface area contributed by atoms with Crippen molar-refractivity contribution in [2.45, 2.75) is 116 Å². The Labute approximate surface area is 309 Å². The van der Waals surface area contributed by atoms with E-state index in [1.165, 1.54) is 32.2 Å². The number of pyridine rings is 1. The first-order valence-electron chi connectivity index (χ1n) is 17.2. The lowest BCUT2D eigenvalue weighted by Gasteiger charge is -2.66. The molecule has 0 unspecified atom stereocenters. The highest BCUT2D eigenvalue weighted by Gasteiger charge is 2.91. The molecule has 2 aliphatic heterocycles. The molecule has 1 saturated heterocycles. The van der Waals surface area contributed by atoms with Crippen LogP contribution in [0.25, 0.3) is 0 Å². The summed E-state index contributed by atoms with van der Waals surface area (Å²) in [6.07, 6.45) is -9.01. The van der Waals surface area contributed by atoms with Gasteiger partial charge in [0.1, 0.15) is 35.9 Å². The summed E-state index contributed by atoms with van der Waals surface area (Å²) in [5.41, 5.74) is -10.2. The Morgan fingerprint density at radius 3 is 2.02 bits per heavy atom. The fraction of sp³-hybridized carbons (Fsp3) is 0.639. The number of rotatable bonds is 6. The number of aliphatic hydroxyl groups is 1. The van der Waals surface area contributed by atoms with Crippen molar-refractivity contribution >= 4 is 47.6 Å². The second kappa shape index (κ2) is 14.0. The van der Waals surface area contributed by atoms with E-state index in [0.717, 1.165) is 41.5 Å². The van der Waals surface area contributed by atoms with Crippen molar-refractivity contribution in [3.8, 4) is 0 Å². The summed E-state index contributed by atoms with van der Waals surface area (Å²) in [4.78, 5) is 112. The van der Waals surface area contributed by atoms with E-state index in [-0.39, 0.29) is 11.3 Å². The van der Waals surface area contributed by atoms with Crippen molar-refractivity contribution in [1.82, 2.24) is 4.98 Å². The van der Waals surface area contributed by atoms with Crippen molar-refractivity contribution in [3.05, 3.63) is 29.6 Å². The molecular formula is C36H43NO17. The first kappa shape index (κ1) is 40.2. The van der Waals surface area contributed by atoms with E-state index >= 15 is 4.79 Å². The van der Waals surface area contributed by atoms with Crippen molar-refractivity contribution in [2.75, 3.05) is 13.2 Å². The number of hydrogen-bond donors (Lipinski definition) is 1. The van der Waals surface area contributed by atoms with Gasteiger partial charge in [-0.1, -0.05) is 13.8 Å². The zero-order valence-corrected chi connectivity index (χ0v) is 31.2. The second-order valence-corrected chi connectivity index (χ2v) is 14.6. The largest absolute Gasteiger partial charge is 0.465 e. The second-order valence-electron chi connectivity index (χ2n) is 14.6. The molecule has 1 aromatic rings. The van der Waals surface area contributed by atoms with E-state index in [1.807, 2.05) is 0 Å². The molecule has 5 rings (SSSR count). The van der Waals surface area contributed by atoms with Gasteiger partial charge < -0.3 is 43.0 Å². The third-order valence-electron chi connectivity index (χ3n) is 10.9. The third-order valence-corrected chi connectivity index (χ3v) is 10.9. The van der Waals surface area contributed by atoms with Crippen LogP contribution in [0.4, 0.5) is 0 Å². The van der Waals surface area contributed by atoms with E-state index in [2.05, 4.69) is 4.98 Å². The molecule has 3 heterocycles. The van der Waals surface area contributed by atoms with Gasteiger partial charge in [-0.05, 0) is 26.0 Å². The predicted molar refractivity (Wildman–Crippen MR) is 175 cm³/mol. The van der Waals surface area contributed by atoms with Gasteiger partial charge in [0.2, 0.25) is 0 Å². The maximum atomic E-state index is 15.1. The van der Waals surface area contributed by atoms with Gasteiger partial charge >= 0.3 is 41.8 Å². The number of nitrogens with zero attached hydrogens (tertiary/aromatic N) is 1. The van der Waals surface area contributed by atoms with Crippen LogP contribution in [0.5, 0.6) is 0 Å². The fourth-order valence-corrected chi connectivity index (χ4v) is 8.70. The molecule has 54 heavy (non-hydrogen) atoms. The smallest absolute Gasteiger partial charge is 0.340 e. The zero-order chi connectivity index (χ0) is 40.3. The monoisotopic (exact) mass is 761 g/mol. The Hall–Kier alpha value is -4.97. The molecule has 18 heteroatoms. The summed E-state index contributed by atoms with van der Waals surface area (Å²) in [5.74, 6) is -12.0. The van der Waals surface area contributed by atoms with E-state index in [4.69, 9.17) is 37.9 Å². The average molecular weight is 762 g/mol. The van der Waals surface area contributed by atoms with Gasteiger partial charge in [0.25, 0.3) is 0 Å². The van der Waals surface area contributed by atoms with Crippen molar-refractivity contribution in [1.29, 1.82) is 0 Å². The van der Waals surface area contributed by atoms with Gasteiger partial charge in [-0.15, -0.1) is 0 Å². The van der Waals surface area contributed by atoms with Gasteiger partial charge in [-0.3, -0.25) is 38.5 Å². The lowest BCUT2D eigenvalue weighted by Crippen LogP contribution is -2.88. The van der Waals surface area contributed by atoms with Crippen molar-refractivity contribution < 1.29 is 81.4 Å². The van der Waals surface area contributed by atoms with E-state index < -0.39 is 131 Å². The molecule has 294 valence electrons. The minimum absolute atomic E-state index is 0.0470. The molecule has 1 spiro atoms. The van der Waals surface area contributed by atoms with Crippen molar-refractivity contribution in [2.24, 2.45) is 17.3 Å². The van der Waals surface area contributed by atoms with Crippen LogP contribution in [0.2, 0.25) is 0 Å². The van der Waals surface area contributed by atoms with Gasteiger partial charge in [0.15, 0.2) is 35.8 Å². The van der Waals surface area contributed by atoms with E-state index in [9.17, 15) is 38.7 Å². The van der Waals surface area contributed by atoms with Gasteiger partial charge in [-0.25, -0.2) is 4.79 Å². The average Bonchev–Trinajstić information content (AvgIpc) is 3.30. The standard InChI is InChI=1S/C36H43NO17/c1-15-16(2)31(44)53-29-26(49-18(4)39)30(52-21(7)42)35(14-47-17(3)38)28(51-20(6)41)25(43)23-27(50-19(5)40)36(35,34(29,9)46)54-33(23,8)13-48-32(45)22-11-10-12-37-24(15)22/h10-12,15-16,23,26-30,46H,13-14H2,1-9H3/t15-,16-,23-,26+,27+,28-,29-,30-,33-,34+,35+,36+/m1/s1. The molecule has 4 aliphatic rings. The molecule has 0 aromatic carbocycles. The Kier molecular flexibility index (Phi) is 10.4. The van der Waals surface area contributed by atoms with Gasteiger partial charge in [0, 0.05) is 46.7 Å². The highest BCUT2D eigenvalue weighted by atomic mass is 16.7. The number of esters is 7. The van der Waals surface area contributed by atoms with E-state index in [0.29, 0.717) is 0 Å². The minimum Gasteiger partial charge on any atom is -0.465 e. The Balaban J connectivity index is 1.97. The number of Topliss-reactive ketones (excluding diaryl/α,β-unsaturated/α-hetero) is 1. The van der Waals surface area contributed by atoms with Gasteiger partial charge in [-0.2, -0.15) is 0 Å². The summed E-state index contributed by atoms with van der Waals surface area (Å²) in [6, 6.07) is 2.88. The van der Waals surface area contributed by atoms with Crippen molar-refractivity contribution in [3.63, 3.8) is 0 Å². The van der Waals surface area contributed by atoms with Crippen LogP contribution in [0.3, 0.4) is 0 Å². The first-order valence-corrected chi connectivity index (χ1v) is 17.2. The van der Waals surface area contributed by atoms with Crippen LogP contribution < -0.4 is 0 Å². The Morgan fingerprint density at radius 1 is 0.852 bits per heavy atom. The topological polar surface area (TPSA) is 244 Å². The molecular weight excluding hydrogens is 718 g/mol. The number of cyclic esters (lactones) is 1. The SMILES string of the molecule is CC(=O)OC[C@@]12[C@H](OC(C)=O)C(=O)[C@@H]3[C@H](OC(C)=O)[C@@]14O[C@]3(C)COC(=O)c1cccnc1[C@H](C)[C@@H](C)C(=O)O[C@H]([C@H](OC(C)=O)[C@H]2OC(C)=O)[C@]4(C)O. The van der Waals surface area contributed by atoms with Crippen LogP contribution >= 0.6 is 0 Å². The highest BCUT2D eigenvalue weighted by molar-refractivity contribution is 5.94. The van der Waals surface area contributed by atoms with Crippen LogP contribution in [0.1, 0.15) is 84.3 Å². The quantitative estimate of drug-likeness (QED) is 0.309. The minimum atomic E-state index is -2.82. The normalized spacial score (nSPS) is 38.4. The van der Waals surface area contributed by atoms with E-state index in [1.54, 1.807) is 6.92 Å². The Morgan fingerprint density at radius 2 is 1.44 bits per heavy atom. The molecule has 0 radical (unpaired) electrons. The molecule has 2 saturated carbocycles. The number of carbonyl (C=O) groups excluding carboxylic acids is 8. The summed E-state index contributed by atoms with van der Waals surface area (Å²) in [6.45, 7) is 8.38. The zero-order valence-electron chi connectivity index (χ0n) is 31.2. The number of aromatic nitrogens is 1. The number of ether oxygens (including phenoxy) is 8. The van der Waals surface area contributed by atoms with Crippen LogP contribution in [0, 0.1) is 17.3 Å². The summed E-state index contributed by atoms with van der Waals surface area (Å²) < 4.78 is 47.3. The van der Waals surface area contributed by atoms with Crippen LogP contribution in [-0.2, 0) is 71.5 Å². The number of fused-ring (bicyclic) bond motifs is 5. The number of ketones is 1.